The normalized spacial score (nSPS) is 16.5. The van der Waals surface area contributed by atoms with Gasteiger partial charge in [-0.1, -0.05) is 48.5 Å². The van der Waals surface area contributed by atoms with Crippen LogP contribution in [0.15, 0.2) is 67.0 Å². The number of phenols is 1. The third-order valence-electron chi connectivity index (χ3n) is 3.75. The molecule has 0 aliphatic carbocycles. The van der Waals surface area contributed by atoms with E-state index in [0.717, 1.165) is 16.8 Å². The summed E-state index contributed by atoms with van der Waals surface area (Å²) in [4.78, 5) is 4.26. The van der Waals surface area contributed by atoms with Gasteiger partial charge in [-0.15, -0.1) is 0 Å². The predicted molar refractivity (Wildman–Crippen MR) is 84.3 cm³/mol. The van der Waals surface area contributed by atoms with Crippen molar-refractivity contribution < 1.29 is 5.11 Å². The van der Waals surface area contributed by atoms with Gasteiger partial charge in [0.25, 0.3) is 0 Å². The Morgan fingerprint density at radius 1 is 1.00 bits per heavy atom. The van der Waals surface area contributed by atoms with Crippen molar-refractivity contribution in [2.45, 2.75) is 6.04 Å². The maximum atomic E-state index is 10.2. The lowest BCUT2D eigenvalue weighted by Gasteiger charge is -2.24. The number of nitrogens with zero attached hydrogens (tertiary/aromatic N) is 3. The summed E-state index contributed by atoms with van der Waals surface area (Å²) in [7, 11) is 0. The lowest BCUT2D eigenvalue weighted by molar-refractivity contribution is 0.457. The van der Waals surface area contributed by atoms with Crippen molar-refractivity contribution in [3.63, 3.8) is 0 Å². The second-order valence-corrected chi connectivity index (χ2v) is 5.10. The van der Waals surface area contributed by atoms with Crippen LogP contribution in [-0.4, -0.2) is 19.9 Å². The van der Waals surface area contributed by atoms with Gasteiger partial charge < -0.3 is 10.4 Å². The second kappa shape index (κ2) is 5.04. The number of aromatic hydroxyl groups is 1. The van der Waals surface area contributed by atoms with Crippen LogP contribution in [0.25, 0.3) is 5.70 Å². The Hall–Kier alpha value is -3.08. The van der Waals surface area contributed by atoms with Gasteiger partial charge in [0.2, 0.25) is 5.95 Å². The zero-order valence-electron chi connectivity index (χ0n) is 11.7. The van der Waals surface area contributed by atoms with Crippen molar-refractivity contribution in [1.82, 2.24) is 14.8 Å². The van der Waals surface area contributed by atoms with Crippen LogP contribution < -0.4 is 5.32 Å². The van der Waals surface area contributed by atoms with Crippen LogP contribution in [0.5, 0.6) is 5.75 Å². The van der Waals surface area contributed by atoms with E-state index in [9.17, 15) is 5.11 Å². The number of aromatic nitrogens is 3. The Kier molecular flexibility index (Phi) is 2.89. The molecule has 1 aliphatic rings. The zero-order chi connectivity index (χ0) is 14.9. The van der Waals surface area contributed by atoms with E-state index < -0.39 is 0 Å². The SMILES string of the molecule is Oc1ccccc1[C@@H]1C=C(c2ccccc2)Nc2ncnn21. The van der Waals surface area contributed by atoms with E-state index in [-0.39, 0.29) is 11.8 Å². The fraction of sp³-hybridized carbons (Fsp3) is 0.0588. The number of allylic oxidation sites excluding steroid dienone is 1. The van der Waals surface area contributed by atoms with Crippen molar-refractivity contribution in [1.29, 1.82) is 0 Å². The van der Waals surface area contributed by atoms with Gasteiger partial charge in [-0.3, -0.25) is 0 Å². The smallest absolute Gasteiger partial charge is 0.226 e. The van der Waals surface area contributed by atoms with Crippen LogP contribution in [0.2, 0.25) is 0 Å². The molecule has 0 bridgehead atoms. The Morgan fingerprint density at radius 3 is 2.59 bits per heavy atom. The third kappa shape index (κ3) is 2.03. The van der Waals surface area contributed by atoms with Gasteiger partial charge in [0.15, 0.2) is 0 Å². The molecule has 4 rings (SSSR count). The zero-order valence-corrected chi connectivity index (χ0v) is 11.7. The minimum atomic E-state index is -0.199. The first kappa shape index (κ1) is 12.6. The van der Waals surface area contributed by atoms with Crippen molar-refractivity contribution >= 4 is 11.6 Å². The summed E-state index contributed by atoms with van der Waals surface area (Å²) in [5.41, 5.74) is 2.82. The molecule has 1 aliphatic heterocycles. The molecular formula is C17H14N4O. The van der Waals surface area contributed by atoms with Crippen LogP contribution in [0.4, 0.5) is 5.95 Å². The van der Waals surface area contributed by atoms with E-state index >= 15 is 0 Å². The average Bonchev–Trinajstić information content (AvgIpc) is 3.04. The molecule has 2 heterocycles. The van der Waals surface area contributed by atoms with Crippen LogP contribution in [0.1, 0.15) is 17.2 Å². The first-order chi connectivity index (χ1) is 10.8. The average molecular weight is 290 g/mol. The van der Waals surface area contributed by atoms with Crippen LogP contribution in [-0.2, 0) is 0 Å². The van der Waals surface area contributed by atoms with Gasteiger partial charge in [0.1, 0.15) is 18.1 Å². The Morgan fingerprint density at radius 2 is 1.77 bits per heavy atom. The summed E-state index contributed by atoms with van der Waals surface area (Å²) >= 11 is 0. The fourth-order valence-electron chi connectivity index (χ4n) is 2.68. The summed E-state index contributed by atoms with van der Waals surface area (Å²) in [6, 6.07) is 17.1. The number of fused-ring (bicyclic) bond motifs is 1. The number of rotatable bonds is 2. The van der Waals surface area contributed by atoms with Crippen molar-refractivity contribution in [2.24, 2.45) is 0 Å². The van der Waals surface area contributed by atoms with Gasteiger partial charge in [-0.25, -0.2) is 4.68 Å². The number of para-hydroxylation sites is 1. The molecule has 108 valence electrons. The first-order valence-corrected chi connectivity index (χ1v) is 7.04. The molecule has 5 nitrogen and oxygen atoms in total. The number of phenolic OH excluding ortho intramolecular Hbond substituents is 1. The highest BCUT2D eigenvalue weighted by Gasteiger charge is 2.24. The van der Waals surface area contributed by atoms with E-state index in [1.807, 2.05) is 54.6 Å². The predicted octanol–water partition coefficient (Wildman–Crippen LogP) is 3.04. The summed E-state index contributed by atoms with van der Waals surface area (Å²) < 4.78 is 1.77. The summed E-state index contributed by atoms with van der Waals surface area (Å²) in [5.74, 6) is 0.911. The molecule has 0 radical (unpaired) electrons. The molecule has 0 fully saturated rings. The Bertz CT molecular complexity index is 839. The molecule has 0 spiro atoms. The van der Waals surface area contributed by atoms with E-state index in [1.54, 1.807) is 10.7 Å². The van der Waals surface area contributed by atoms with Crippen LogP contribution in [0, 0.1) is 0 Å². The second-order valence-electron chi connectivity index (χ2n) is 5.10. The van der Waals surface area contributed by atoms with Crippen LogP contribution >= 0.6 is 0 Å². The maximum Gasteiger partial charge on any atom is 0.226 e. The Labute approximate surface area is 127 Å². The lowest BCUT2D eigenvalue weighted by Crippen LogP contribution is -2.20. The van der Waals surface area contributed by atoms with Gasteiger partial charge in [0.05, 0.1) is 0 Å². The van der Waals surface area contributed by atoms with E-state index in [1.165, 1.54) is 6.33 Å². The standard InChI is InChI=1S/C17H14N4O/c22-16-9-5-4-8-13(16)15-10-14(12-6-2-1-3-7-12)20-17-18-11-19-21(15)17/h1-11,15,22H,(H,18,19,20)/t15-/m0/s1. The molecule has 1 aromatic heterocycles. The van der Waals surface area contributed by atoms with E-state index in [2.05, 4.69) is 15.4 Å². The number of anilines is 1. The third-order valence-corrected chi connectivity index (χ3v) is 3.75. The maximum absolute atomic E-state index is 10.2. The summed E-state index contributed by atoms with van der Waals surface area (Å²) in [5, 5.41) is 17.7. The van der Waals surface area contributed by atoms with Gasteiger partial charge in [-0.2, -0.15) is 10.1 Å². The number of benzene rings is 2. The molecule has 2 aromatic carbocycles. The van der Waals surface area contributed by atoms with Crippen molar-refractivity contribution in [3.05, 3.63) is 78.1 Å². The van der Waals surface area contributed by atoms with Crippen LogP contribution in [0.3, 0.4) is 0 Å². The summed E-state index contributed by atoms with van der Waals surface area (Å²) in [6.07, 6.45) is 3.56. The largest absolute Gasteiger partial charge is 0.508 e. The van der Waals surface area contributed by atoms with Crippen molar-refractivity contribution in [2.75, 3.05) is 5.32 Å². The first-order valence-electron chi connectivity index (χ1n) is 7.04. The molecule has 0 amide bonds. The molecule has 0 saturated carbocycles. The molecule has 5 heteroatoms. The van der Waals surface area contributed by atoms with Gasteiger partial charge >= 0.3 is 0 Å². The number of nitrogens with one attached hydrogen (secondary N) is 1. The minimum Gasteiger partial charge on any atom is -0.508 e. The molecule has 0 saturated heterocycles. The van der Waals surface area contributed by atoms with E-state index in [4.69, 9.17) is 0 Å². The molecule has 0 unspecified atom stereocenters. The topological polar surface area (TPSA) is 63.0 Å². The monoisotopic (exact) mass is 290 g/mol. The Balaban J connectivity index is 1.86. The van der Waals surface area contributed by atoms with E-state index in [0.29, 0.717) is 5.95 Å². The molecule has 1 atom stereocenters. The quantitative estimate of drug-likeness (QED) is 0.761. The highest BCUT2D eigenvalue weighted by atomic mass is 16.3. The van der Waals surface area contributed by atoms with Gasteiger partial charge in [-0.05, 0) is 17.7 Å². The van der Waals surface area contributed by atoms with Crippen molar-refractivity contribution in [3.8, 4) is 5.75 Å². The highest BCUT2D eigenvalue weighted by Crippen LogP contribution is 2.35. The van der Waals surface area contributed by atoms with Gasteiger partial charge in [0, 0.05) is 11.3 Å². The minimum absolute atomic E-state index is 0.199. The molecule has 3 aromatic rings. The molecular weight excluding hydrogens is 276 g/mol. The fourth-order valence-corrected chi connectivity index (χ4v) is 2.68. The lowest BCUT2D eigenvalue weighted by atomic mass is 10.0. The highest BCUT2D eigenvalue weighted by molar-refractivity contribution is 5.77. The number of hydrogen-bond donors (Lipinski definition) is 2. The molecule has 22 heavy (non-hydrogen) atoms. The molecule has 2 N–H and O–H groups in total. The number of hydrogen-bond acceptors (Lipinski definition) is 4. The summed E-state index contributed by atoms with van der Waals surface area (Å²) in [6.45, 7) is 0.